The highest BCUT2D eigenvalue weighted by molar-refractivity contribution is 5.14. The van der Waals surface area contributed by atoms with Gasteiger partial charge >= 0.3 is 6.18 Å². The van der Waals surface area contributed by atoms with E-state index in [1.54, 1.807) is 18.5 Å². The fraction of sp³-hybridized carbons (Fsp3) is 0.533. The first-order chi connectivity index (χ1) is 11.0. The van der Waals surface area contributed by atoms with Crippen LogP contribution in [0, 0.1) is 0 Å². The largest absolute Gasteiger partial charge is 0.408 e. The zero-order valence-corrected chi connectivity index (χ0v) is 12.6. The Labute approximate surface area is 132 Å². The van der Waals surface area contributed by atoms with Gasteiger partial charge in [-0.2, -0.15) is 18.3 Å². The van der Waals surface area contributed by atoms with E-state index in [9.17, 15) is 13.2 Å². The molecule has 8 heteroatoms. The Hall–Kier alpha value is -1.96. The van der Waals surface area contributed by atoms with Gasteiger partial charge in [-0.1, -0.05) is 6.07 Å². The van der Waals surface area contributed by atoms with Crippen LogP contribution in [-0.4, -0.2) is 43.9 Å². The average molecular weight is 325 g/mol. The van der Waals surface area contributed by atoms with Crippen LogP contribution in [0.25, 0.3) is 0 Å². The van der Waals surface area contributed by atoms with Crippen LogP contribution in [-0.2, 0) is 19.5 Å². The van der Waals surface area contributed by atoms with E-state index in [1.807, 2.05) is 6.07 Å². The van der Waals surface area contributed by atoms with Gasteiger partial charge in [-0.3, -0.25) is 9.88 Å². The quantitative estimate of drug-likeness (QED) is 0.847. The van der Waals surface area contributed by atoms with E-state index in [4.69, 9.17) is 0 Å². The van der Waals surface area contributed by atoms with Crippen molar-refractivity contribution in [2.24, 2.45) is 0 Å². The summed E-state index contributed by atoms with van der Waals surface area (Å²) in [6, 6.07) is 3.64. The van der Waals surface area contributed by atoms with Crippen molar-refractivity contribution < 1.29 is 13.2 Å². The molecule has 0 amide bonds. The molecule has 2 aromatic heterocycles. The van der Waals surface area contributed by atoms with Crippen LogP contribution >= 0.6 is 0 Å². The molecule has 3 heterocycles. The highest BCUT2D eigenvalue weighted by Crippen LogP contribution is 2.20. The van der Waals surface area contributed by atoms with E-state index >= 15 is 0 Å². The summed E-state index contributed by atoms with van der Waals surface area (Å²) in [4.78, 5) is 10.5. The Bertz CT molecular complexity index is 632. The van der Waals surface area contributed by atoms with Gasteiger partial charge in [0.15, 0.2) is 5.82 Å². The highest BCUT2D eigenvalue weighted by atomic mass is 19.4. The zero-order chi connectivity index (χ0) is 16.3. The first kappa shape index (κ1) is 15.9. The summed E-state index contributed by atoms with van der Waals surface area (Å²) in [5, 5.41) is 4.06. The number of pyridine rings is 1. The molecule has 1 fully saturated rings. The first-order valence-corrected chi connectivity index (χ1v) is 7.60. The van der Waals surface area contributed by atoms with E-state index in [0.29, 0.717) is 24.6 Å². The molecule has 124 valence electrons. The molecule has 1 aliphatic rings. The van der Waals surface area contributed by atoms with Crippen LogP contribution in [0.15, 0.2) is 24.5 Å². The van der Waals surface area contributed by atoms with Crippen molar-refractivity contribution in [2.45, 2.75) is 38.5 Å². The summed E-state index contributed by atoms with van der Waals surface area (Å²) in [5.41, 5.74) is 0.879. The zero-order valence-electron chi connectivity index (χ0n) is 12.6. The van der Waals surface area contributed by atoms with Gasteiger partial charge in [0, 0.05) is 18.8 Å². The van der Waals surface area contributed by atoms with Crippen LogP contribution < -0.4 is 0 Å². The van der Waals surface area contributed by atoms with Crippen molar-refractivity contribution in [2.75, 3.05) is 13.1 Å². The lowest BCUT2D eigenvalue weighted by Crippen LogP contribution is -2.25. The van der Waals surface area contributed by atoms with Gasteiger partial charge in [-0.25, -0.2) is 9.67 Å². The van der Waals surface area contributed by atoms with E-state index in [1.165, 1.54) is 0 Å². The fourth-order valence-corrected chi connectivity index (χ4v) is 2.74. The summed E-state index contributed by atoms with van der Waals surface area (Å²) in [6.07, 6.45) is 1.55. The predicted octanol–water partition coefficient (Wildman–Crippen LogP) is 2.42. The third-order valence-corrected chi connectivity index (χ3v) is 3.77. The third kappa shape index (κ3) is 4.51. The van der Waals surface area contributed by atoms with Crippen molar-refractivity contribution in [1.29, 1.82) is 0 Å². The lowest BCUT2D eigenvalue weighted by atomic mass is 10.2. The molecule has 0 aliphatic carbocycles. The average Bonchev–Trinajstić information content (AvgIpc) is 3.10. The van der Waals surface area contributed by atoms with Gasteiger partial charge in [-0.15, -0.1) is 0 Å². The van der Waals surface area contributed by atoms with Crippen LogP contribution in [0.4, 0.5) is 13.2 Å². The van der Waals surface area contributed by atoms with Gasteiger partial charge in [0.2, 0.25) is 0 Å². The number of hydrogen-bond donors (Lipinski definition) is 0. The molecular weight excluding hydrogens is 307 g/mol. The molecule has 0 bridgehead atoms. The van der Waals surface area contributed by atoms with E-state index < -0.39 is 12.7 Å². The van der Waals surface area contributed by atoms with Gasteiger partial charge < -0.3 is 0 Å². The monoisotopic (exact) mass is 325 g/mol. The minimum Gasteiger partial charge on any atom is -0.296 e. The van der Waals surface area contributed by atoms with Gasteiger partial charge in [0.25, 0.3) is 0 Å². The van der Waals surface area contributed by atoms with E-state index in [0.717, 1.165) is 36.2 Å². The smallest absolute Gasteiger partial charge is 0.296 e. The first-order valence-electron chi connectivity index (χ1n) is 7.60. The van der Waals surface area contributed by atoms with Crippen molar-refractivity contribution >= 4 is 0 Å². The second kappa shape index (κ2) is 6.66. The molecule has 23 heavy (non-hydrogen) atoms. The molecule has 0 saturated carbocycles. The maximum absolute atomic E-state index is 12.8. The lowest BCUT2D eigenvalue weighted by Gasteiger charge is -2.15. The Morgan fingerprint density at radius 3 is 2.61 bits per heavy atom. The second-order valence-corrected chi connectivity index (χ2v) is 5.74. The van der Waals surface area contributed by atoms with Gasteiger partial charge in [0.1, 0.15) is 12.4 Å². The van der Waals surface area contributed by atoms with Crippen molar-refractivity contribution in [3.05, 3.63) is 41.7 Å². The van der Waals surface area contributed by atoms with E-state index in [2.05, 4.69) is 20.0 Å². The molecule has 1 saturated heterocycles. The molecule has 0 spiro atoms. The van der Waals surface area contributed by atoms with Crippen LogP contribution in [0.2, 0.25) is 0 Å². The number of hydrogen-bond acceptors (Lipinski definition) is 4. The normalized spacial score (nSPS) is 16.1. The van der Waals surface area contributed by atoms with Gasteiger partial charge in [-0.05, 0) is 37.6 Å². The number of alkyl halides is 3. The van der Waals surface area contributed by atoms with Crippen LogP contribution in [0.1, 0.15) is 30.1 Å². The van der Waals surface area contributed by atoms with Crippen molar-refractivity contribution in [3.63, 3.8) is 0 Å². The second-order valence-electron chi connectivity index (χ2n) is 5.74. The number of nitrogens with zero attached hydrogens (tertiary/aromatic N) is 5. The van der Waals surface area contributed by atoms with Crippen molar-refractivity contribution in [1.82, 2.24) is 24.6 Å². The topological polar surface area (TPSA) is 46.8 Å². The number of halogens is 3. The van der Waals surface area contributed by atoms with E-state index in [-0.39, 0.29) is 0 Å². The number of rotatable bonds is 5. The summed E-state index contributed by atoms with van der Waals surface area (Å²) in [7, 11) is 0. The third-order valence-electron chi connectivity index (χ3n) is 3.77. The number of aromatic nitrogens is 4. The Morgan fingerprint density at radius 1 is 1.17 bits per heavy atom. The summed E-state index contributed by atoms with van der Waals surface area (Å²) < 4.78 is 39.3. The molecule has 2 aromatic rings. The summed E-state index contributed by atoms with van der Waals surface area (Å²) in [5.74, 6) is 0.777. The minimum absolute atomic E-state index is 0.378. The molecule has 0 aromatic carbocycles. The SMILES string of the molecule is FC(F)(F)Cn1nc(Cc2cccnc2)nc1CN1CCCC1. The lowest BCUT2D eigenvalue weighted by molar-refractivity contribution is -0.143. The Balaban J connectivity index is 1.80. The van der Waals surface area contributed by atoms with Crippen molar-refractivity contribution in [3.8, 4) is 0 Å². The molecule has 1 aliphatic heterocycles. The van der Waals surface area contributed by atoms with Crippen LogP contribution in [0.3, 0.4) is 0 Å². The van der Waals surface area contributed by atoms with Crippen LogP contribution in [0.5, 0.6) is 0 Å². The fourth-order valence-electron chi connectivity index (χ4n) is 2.74. The molecule has 5 nitrogen and oxygen atoms in total. The molecule has 0 N–H and O–H groups in total. The molecule has 0 unspecified atom stereocenters. The maximum Gasteiger partial charge on any atom is 0.408 e. The Kier molecular flexibility index (Phi) is 4.61. The molecule has 0 atom stereocenters. The highest BCUT2D eigenvalue weighted by Gasteiger charge is 2.31. The molecule has 3 rings (SSSR count). The summed E-state index contributed by atoms with van der Waals surface area (Å²) >= 11 is 0. The molecule has 0 radical (unpaired) electrons. The minimum atomic E-state index is -4.31. The number of likely N-dealkylation sites (tertiary alicyclic amines) is 1. The summed E-state index contributed by atoms with van der Waals surface area (Å²) in [6.45, 7) is 1.11. The maximum atomic E-state index is 12.8. The Morgan fingerprint density at radius 2 is 1.96 bits per heavy atom. The molecular formula is C15H18F3N5. The van der Waals surface area contributed by atoms with Gasteiger partial charge in [0.05, 0.1) is 6.54 Å². The standard InChI is InChI=1S/C15H18F3N5/c16-15(17,18)11-23-14(10-22-6-1-2-7-22)20-13(21-23)8-12-4-3-5-19-9-12/h3-5,9H,1-2,6-8,10-11H2. The predicted molar refractivity (Wildman–Crippen MR) is 77.6 cm³/mol.